The summed E-state index contributed by atoms with van der Waals surface area (Å²) in [4.78, 5) is 39.9. The predicted octanol–water partition coefficient (Wildman–Crippen LogP) is 5.62. The number of ketones is 1. The molecule has 0 aliphatic heterocycles. The summed E-state index contributed by atoms with van der Waals surface area (Å²) in [5, 5.41) is 5.17. The highest BCUT2D eigenvalue weighted by atomic mass is 35.5. The summed E-state index contributed by atoms with van der Waals surface area (Å²) in [6.45, 7) is 0. The minimum Gasteiger partial charge on any atom is -0.493 e. The van der Waals surface area contributed by atoms with Gasteiger partial charge in [0.05, 0.1) is 28.4 Å². The van der Waals surface area contributed by atoms with Crippen molar-refractivity contribution in [2.45, 2.75) is 6.18 Å². The van der Waals surface area contributed by atoms with Gasteiger partial charge >= 0.3 is 17.9 Å². The third kappa shape index (κ3) is 4.60. The van der Waals surface area contributed by atoms with Crippen molar-refractivity contribution < 1.29 is 36.7 Å². The number of hydrogen-bond acceptors (Lipinski definition) is 6. The summed E-state index contributed by atoms with van der Waals surface area (Å²) in [5.74, 6) is -4.78. The maximum atomic E-state index is 13.2. The monoisotopic (exact) mass is 525 g/mol. The Hall–Kier alpha value is -3.83. The molecule has 8 nitrogen and oxygen atoms in total. The first-order chi connectivity index (χ1) is 16.5. The molecule has 180 valence electrons. The number of methoxy groups -OCH3 is 1. The number of carbonyl (C=O) groups is 3. The number of amides is 2. The molecule has 0 radical (unpaired) electrons. The molecule has 2 N–H and O–H groups in total. The minimum absolute atomic E-state index is 0.0818. The normalized spacial score (nSPS) is 11.5. The predicted molar refractivity (Wildman–Crippen MR) is 122 cm³/mol. The fourth-order valence-electron chi connectivity index (χ4n) is 3.31. The molecule has 0 aliphatic carbocycles. The van der Waals surface area contributed by atoms with E-state index in [2.05, 4.69) is 10.3 Å². The zero-order valence-corrected chi connectivity index (χ0v) is 18.9. The number of carbonyl (C=O) groups excluding carboxylic acids is 3. The van der Waals surface area contributed by atoms with Gasteiger partial charge < -0.3 is 19.8 Å². The van der Waals surface area contributed by atoms with E-state index in [4.69, 9.17) is 32.4 Å². The van der Waals surface area contributed by atoms with Gasteiger partial charge in [0.15, 0.2) is 11.3 Å². The highest BCUT2D eigenvalue weighted by Gasteiger charge is 2.43. The fourth-order valence-corrected chi connectivity index (χ4v) is 3.77. The van der Waals surface area contributed by atoms with Crippen LogP contribution < -0.4 is 15.4 Å². The second-order valence-corrected chi connectivity index (χ2v) is 7.86. The maximum Gasteiger partial charge on any atom is 0.460 e. The van der Waals surface area contributed by atoms with Gasteiger partial charge in [-0.05, 0) is 30.3 Å². The van der Waals surface area contributed by atoms with E-state index in [-0.39, 0.29) is 54.7 Å². The molecular formula is C22H12Cl2F3N3O5. The molecule has 0 unspecified atom stereocenters. The summed E-state index contributed by atoms with van der Waals surface area (Å²) < 4.78 is 48.8. The third-order valence-electron chi connectivity index (χ3n) is 4.86. The van der Waals surface area contributed by atoms with Crippen LogP contribution in [0.2, 0.25) is 10.0 Å². The van der Waals surface area contributed by atoms with Crippen molar-refractivity contribution in [1.82, 2.24) is 4.98 Å². The average Bonchev–Trinajstić information content (AvgIpc) is 3.18. The summed E-state index contributed by atoms with van der Waals surface area (Å²) in [5.41, 5.74) is 0.467. The van der Waals surface area contributed by atoms with Crippen LogP contribution in [-0.4, -0.2) is 35.9 Å². The number of nitrogens with zero attached hydrogens (tertiary/aromatic N) is 1. The molecule has 0 saturated carbocycles. The standard InChI is InChI=1S/C22H12Cl2F3N3O5/c1-34-15-5-3-10(20(32)30-17-12(23)7-28-8-13(17)24)16-11-6-9(2-4-14(11)35-18(15)16)29-21(33)19(31)22(25,26)27/h2-8H,1H3,(H,29,33)(H,28,30,32). The summed E-state index contributed by atoms with van der Waals surface area (Å²) in [7, 11) is 1.38. The van der Waals surface area contributed by atoms with Crippen molar-refractivity contribution >= 4 is 74.1 Å². The van der Waals surface area contributed by atoms with Crippen LogP contribution in [-0.2, 0) is 9.59 Å². The number of benzene rings is 2. The molecule has 0 bridgehead atoms. The quantitative estimate of drug-likeness (QED) is 0.327. The molecule has 2 amide bonds. The lowest BCUT2D eigenvalue weighted by atomic mass is 10.0. The number of nitrogens with one attached hydrogen (secondary N) is 2. The zero-order chi connectivity index (χ0) is 25.5. The Bertz CT molecular complexity index is 1500. The number of pyridine rings is 1. The molecule has 2 heterocycles. The van der Waals surface area contributed by atoms with E-state index < -0.39 is 23.8 Å². The van der Waals surface area contributed by atoms with Crippen LogP contribution >= 0.6 is 23.2 Å². The van der Waals surface area contributed by atoms with Crippen LogP contribution in [0.5, 0.6) is 5.75 Å². The number of ether oxygens (including phenoxy) is 1. The number of Topliss-reactive ketones (excluding diaryl/α,β-unsaturated/α-hetero) is 1. The van der Waals surface area contributed by atoms with Gasteiger partial charge in [-0.3, -0.25) is 19.4 Å². The fraction of sp³-hybridized carbons (Fsp3) is 0.0909. The molecule has 0 aliphatic rings. The topological polar surface area (TPSA) is 111 Å². The Kier molecular flexibility index (Phi) is 6.30. The van der Waals surface area contributed by atoms with E-state index >= 15 is 0 Å². The maximum absolute atomic E-state index is 13.2. The molecule has 13 heteroatoms. The van der Waals surface area contributed by atoms with Crippen LogP contribution in [0.1, 0.15) is 10.4 Å². The van der Waals surface area contributed by atoms with E-state index in [9.17, 15) is 27.6 Å². The van der Waals surface area contributed by atoms with Crippen LogP contribution in [0.3, 0.4) is 0 Å². The molecule has 4 rings (SSSR count). The second kappa shape index (κ2) is 9.08. The van der Waals surface area contributed by atoms with Gasteiger partial charge in [-0.25, -0.2) is 0 Å². The van der Waals surface area contributed by atoms with Gasteiger partial charge in [-0.15, -0.1) is 0 Å². The lowest BCUT2D eigenvalue weighted by molar-refractivity contribution is -0.173. The highest BCUT2D eigenvalue weighted by Crippen LogP contribution is 2.39. The van der Waals surface area contributed by atoms with Crippen molar-refractivity contribution in [2.75, 3.05) is 17.7 Å². The Labute approximate surface area is 203 Å². The molecule has 0 fully saturated rings. The van der Waals surface area contributed by atoms with Gasteiger partial charge in [0.2, 0.25) is 0 Å². The minimum atomic E-state index is -5.33. The van der Waals surface area contributed by atoms with E-state index in [1.165, 1.54) is 49.8 Å². The largest absolute Gasteiger partial charge is 0.493 e. The lowest BCUT2D eigenvalue weighted by Crippen LogP contribution is -2.35. The second-order valence-electron chi connectivity index (χ2n) is 7.05. The first-order valence-electron chi connectivity index (χ1n) is 9.57. The van der Waals surface area contributed by atoms with Crippen molar-refractivity contribution in [2.24, 2.45) is 0 Å². The number of anilines is 2. The Balaban J connectivity index is 1.82. The number of fused-ring (bicyclic) bond motifs is 3. The Morgan fingerprint density at radius 1 is 1.03 bits per heavy atom. The molecule has 2 aromatic carbocycles. The van der Waals surface area contributed by atoms with Gasteiger partial charge in [0.1, 0.15) is 5.58 Å². The smallest absolute Gasteiger partial charge is 0.460 e. The molecule has 0 spiro atoms. The Morgan fingerprint density at radius 2 is 1.71 bits per heavy atom. The van der Waals surface area contributed by atoms with E-state index in [1.807, 2.05) is 5.32 Å². The number of rotatable bonds is 5. The van der Waals surface area contributed by atoms with Crippen LogP contribution in [0.15, 0.2) is 47.1 Å². The molecular weight excluding hydrogens is 514 g/mol. The first-order valence-corrected chi connectivity index (χ1v) is 10.3. The molecule has 2 aromatic heterocycles. The van der Waals surface area contributed by atoms with Gasteiger partial charge in [-0.2, -0.15) is 13.2 Å². The SMILES string of the molecule is COc1ccc(C(=O)Nc2c(Cl)cncc2Cl)c2c1oc1ccc(NC(=O)C(=O)C(F)(F)F)cc12. The molecule has 35 heavy (non-hydrogen) atoms. The summed E-state index contributed by atoms with van der Waals surface area (Å²) in [6.07, 6.45) is -2.75. The van der Waals surface area contributed by atoms with E-state index in [0.29, 0.717) is 0 Å². The third-order valence-corrected chi connectivity index (χ3v) is 5.43. The van der Waals surface area contributed by atoms with E-state index in [0.717, 1.165) is 0 Å². The average molecular weight is 526 g/mol. The van der Waals surface area contributed by atoms with Crippen molar-refractivity contribution in [3.63, 3.8) is 0 Å². The zero-order valence-electron chi connectivity index (χ0n) is 17.4. The molecule has 0 saturated heterocycles. The lowest BCUT2D eigenvalue weighted by Gasteiger charge is -2.10. The van der Waals surface area contributed by atoms with Crippen LogP contribution in [0.25, 0.3) is 21.9 Å². The van der Waals surface area contributed by atoms with Gasteiger partial charge in [0, 0.05) is 28.9 Å². The number of halogens is 5. The van der Waals surface area contributed by atoms with Gasteiger partial charge in [-0.1, -0.05) is 23.2 Å². The number of furan rings is 1. The molecule has 0 atom stereocenters. The van der Waals surface area contributed by atoms with Crippen molar-refractivity contribution in [3.05, 3.63) is 58.3 Å². The summed E-state index contributed by atoms with van der Waals surface area (Å²) >= 11 is 12.2. The van der Waals surface area contributed by atoms with Crippen LogP contribution in [0, 0.1) is 0 Å². The highest BCUT2D eigenvalue weighted by molar-refractivity contribution is 6.42. The molecule has 4 aromatic rings. The van der Waals surface area contributed by atoms with Gasteiger partial charge in [0.25, 0.3) is 5.91 Å². The summed E-state index contributed by atoms with van der Waals surface area (Å²) in [6, 6.07) is 6.80. The van der Waals surface area contributed by atoms with Crippen molar-refractivity contribution in [3.8, 4) is 5.75 Å². The van der Waals surface area contributed by atoms with Crippen LogP contribution in [0.4, 0.5) is 24.5 Å². The van der Waals surface area contributed by atoms with Crippen molar-refractivity contribution in [1.29, 1.82) is 0 Å². The number of hydrogen-bond donors (Lipinski definition) is 2. The first kappa shape index (κ1) is 24.3. The van der Waals surface area contributed by atoms with E-state index in [1.54, 1.807) is 0 Å². The number of alkyl halides is 3. The number of aromatic nitrogens is 1. The Morgan fingerprint density at radius 3 is 2.34 bits per heavy atom.